The van der Waals surface area contributed by atoms with Gasteiger partial charge in [0.1, 0.15) is 22.8 Å². The Labute approximate surface area is 182 Å². The zero-order chi connectivity index (χ0) is 21.5. The van der Waals surface area contributed by atoms with Gasteiger partial charge in [0.2, 0.25) is 4.90 Å². The van der Waals surface area contributed by atoms with Gasteiger partial charge in [0, 0.05) is 37.0 Å². The van der Waals surface area contributed by atoms with E-state index in [1.165, 1.54) is 12.1 Å². The maximum atomic E-state index is 14.5. The number of amides is 1. The molecule has 1 atom stereocenters. The summed E-state index contributed by atoms with van der Waals surface area (Å²) in [6.45, 7) is 4.01. The third-order valence-electron chi connectivity index (χ3n) is 5.72. The number of carbonyl (C=O) groups is 1. The van der Waals surface area contributed by atoms with Crippen molar-refractivity contribution in [1.82, 2.24) is 4.72 Å². The number of nitrogens with zero attached hydrogens (tertiary/aromatic N) is 1. The van der Waals surface area contributed by atoms with Crippen molar-refractivity contribution in [2.75, 3.05) is 24.6 Å². The van der Waals surface area contributed by atoms with E-state index in [0.29, 0.717) is 28.8 Å². The predicted molar refractivity (Wildman–Crippen MR) is 116 cm³/mol. The van der Waals surface area contributed by atoms with Gasteiger partial charge in [-0.2, -0.15) is 4.72 Å². The minimum Gasteiger partial charge on any atom is -0.588 e. The fourth-order valence-corrected chi connectivity index (χ4v) is 4.69. The van der Waals surface area contributed by atoms with Gasteiger partial charge in [-0.1, -0.05) is 6.07 Å². The first-order valence-corrected chi connectivity index (χ1v) is 11.7. The number of carbonyl (C=O) groups excluding carboxylic acids is 1. The van der Waals surface area contributed by atoms with Gasteiger partial charge in [-0.15, -0.1) is 0 Å². The summed E-state index contributed by atoms with van der Waals surface area (Å²) in [5.74, 6) is -0.251. The van der Waals surface area contributed by atoms with Crippen LogP contribution in [0.15, 0.2) is 45.7 Å². The molecule has 2 heterocycles. The Hall–Kier alpha value is -2.71. The number of fused-ring (bicyclic) bond motifs is 1. The van der Waals surface area contributed by atoms with E-state index in [1.807, 2.05) is 24.0 Å². The second-order valence-corrected chi connectivity index (χ2v) is 9.09. The molecule has 3 aromatic rings. The molecule has 1 aromatic heterocycles. The molecule has 2 aromatic carbocycles. The average Bonchev–Trinajstić information content (AvgIpc) is 3.46. The van der Waals surface area contributed by atoms with Crippen LogP contribution in [-0.4, -0.2) is 30.2 Å². The highest BCUT2D eigenvalue weighted by molar-refractivity contribution is 7.90. The molecular formula is C23H23FN2O4S. The molecule has 6 nitrogen and oxygen atoms in total. The Balaban J connectivity index is 1.39. The van der Waals surface area contributed by atoms with Crippen LogP contribution < -0.4 is 14.4 Å². The number of furan rings is 1. The average molecular weight is 443 g/mol. The maximum absolute atomic E-state index is 14.5. The van der Waals surface area contributed by atoms with Crippen molar-refractivity contribution in [3.63, 3.8) is 0 Å². The number of rotatable bonds is 7. The Morgan fingerprint density at radius 1 is 1.29 bits per heavy atom. The summed E-state index contributed by atoms with van der Waals surface area (Å²) in [6, 6.07) is 10.1. The van der Waals surface area contributed by atoms with Crippen LogP contribution in [0, 0.1) is 5.82 Å². The summed E-state index contributed by atoms with van der Waals surface area (Å²) in [7, 11) is 0. The monoisotopic (exact) mass is 442 g/mol. The van der Waals surface area contributed by atoms with Gasteiger partial charge in [-0.3, -0.25) is 4.79 Å². The van der Waals surface area contributed by atoms with Gasteiger partial charge in [-0.05, 0) is 49.8 Å². The number of hydrogen-bond acceptors (Lipinski definition) is 5. The highest BCUT2D eigenvalue weighted by Gasteiger charge is 2.29. The quantitative estimate of drug-likeness (QED) is 0.545. The summed E-state index contributed by atoms with van der Waals surface area (Å²) >= 11 is -1.84. The third kappa shape index (κ3) is 3.97. The Kier molecular flexibility index (Phi) is 5.27. The molecular weight excluding hydrogens is 419 g/mol. The fraction of sp³-hybridized carbons (Fsp3) is 0.348. The van der Waals surface area contributed by atoms with Gasteiger partial charge in [0.15, 0.2) is 11.5 Å². The number of hydrogen-bond donors (Lipinski definition) is 1. The maximum Gasteiger partial charge on any atom is 0.328 e. The molecule has 1 saturated carbocycles. The Morgan fingerprint density at radius 2 is 2.10 bits per heavy atom. The van der Waals surface area contributed by atoms with E-state index in [9.17, 15) is 13.7 Å². The first-order chi connectivity index (χ1) is 15.0. The number of ether oxygens (including phenoxy) is 1. The normalized spacial score (nSPS) is 16.8. The molecule has 0 bridgehead atoms. The van der Waals surface area contributed by atoms with Gasteiger partial charge in [0.05, 0.1) is 12.0 Å². The SMILES string of the molecule is CCOc1ccc(C2CC2)cc1[S+]([O-])NC(=O)c1cc2c(F)cc(N3CCC3)cc2o1. The molecule has 31 heavy (non-hydrogen) atoms. The number of anilines is 1. The Bertz CT molecular complexity index is 1140. The van der Waals surface area contributed by atoms with Crippen LogP contribution in [0.2, 0.25) is 0 Å². The molecule has 0 spiro atoms. The fourth-order valence-electron chi connectivity index (χ4n) is 3.76. The van der Waals surface area contributed by atoms with Gasteiger partial charge in [-0.25, -0.2) is 4.39 Å². The predicted octanol–water partition coefficient (Wildman–Crippen LogP) is 4.51. The second-order valence-electron chi connectivity index (χ2n) is 7.90. The molecule has 1 aliphatic carbocycles. The van der Waals surface area contributed by atoms with E-state index in [2.05, 4.69) is 4.72 Å². The lowest BCUT2D eigenvalue weighted by Crippen LogP contribution is -2.36. The lowest BCUT2D eigenvalue weighted by molar-refractivity contribution is 0.0956. The molecule has 162 valence electrons. The molecule has 8 heteroatoms. The number of benzene rings is 2. The van der Waals surface area contributed by atoms with Gasteiger partial charge < -0.3 is 18.6 Å². The van der Waals surface area contributed by atoms with Crippen LogP contribution in [0.1, 0.15) is 48.2 Å². The van der Waals surface area contributed by atoms with Gasteiger partial charge in [0.25, 0.3) is 0 Å². The topological polar surface area (TPSA) is 77.8 Å². The molecule has 2 aliphatic rings. The lowest BCUT2D eigenvalue weighted by Gasteiger charge is -2.33. The molecule has 5 rings (SSSR count). The van der Waals surface area contributed by atoms with Crippen molar-refractivity contribution in [3.8, 4) is 5.75 Å². The Morgan fingerprint density at radius 3 is 2.77 bits per heavy atom. The summed E-state index contributed by atoms with van der Waals surface area (Å²) in [6.07, 6.45) is 3.29. The van der Waals surface area contributed by atoms with E-state index in [4.69, 9.17) is 9.15 Å². The standard InChI is InChI=1S/C23H23FN2O4S/c1-2-29-19-7-6-15(14-4-5-14)10-22(19)31(28)25-23(27)21-13-17-18(24)11-16(12-20(17)30-21)26-8-3-9-26/h6-7,10-14H,2-5,8-9H2,1H3,(H,25,27). The first kappa shape index (κ1) is 20.2. The summed E-state index contributed by atoms with van der Waals surface area (Å²) < 4.78 is 41.2. The minimum absolute atomic E-state index is 0.0840. The zero-order valence-corrected chi connectivity index (χ0v) is 18.0. The highest BCUT2D eigenvalue weighted by atomic mass is 32.2. The van der Waals surface area contributed by atoms with Crippen LogP contribution in [0.4, 0.5) is 10.1 Å². The summed E-state index contributed by atoms with van der Waals surface area (Å²) in [4.78, 5) is 15.2. The molecule has 1 saturated heterocycles. The zero-order valence-electron chi connectivity index (χ0n) is 17.2. The highest BCUT2D eigenvalue weighted by Crippen LogP contribution is 2.42. The largest absolute Gasteiger partial charge is 0.588 e. The van der Waals surface area contributed by atoms with E-state index in [-0.39, 0.29) is 11.1 Å². The van der Waals surface area contributed by atoms with Crippen molar-refractivity contribution < 1.29 is 22.9 Å². The van der Waals surface area contributed by atoms with E-state index in [1.54, 1.807) is 12.1 Å². The van der Waals surface area contributed by atoms with Crippen LogP contribution in [0.25, 0.3) is 11.0 Å². The van der Waals surface area contributed by atoms with Crippen molar-refractivity contribution in [2.24, 2.45) is 0 Å². The molecule has 2 fully saturated rings. The van der Waals surface area contributed by atoms with Crippen LogP contribution in [-0.2, 0) is 11.4 Å². The molecule has 1 unspecified atom stereocenters. The number of nitrogens with one attached hydrogen (secondary N) is 1. The molecule has 1 N–H and O–H groups in total. The van der Waals surface area contributed by atoms with Crippen LogP contribution in [0.3, 0.4) is 0 Å². The third-order valence-corrected chi connectivity index (χ3v) is 6.81. The molecule has 0 radical (unpaired) electrons. The van der Waals surface area contributed by atoms with Crippen LogP contribution in [0.5, 0.6) is 5.75 Å². The van der Waals surface area contributed by atoms with E-state index in [0.717, 1.165) is 43.6 Å². The summed E-state index contributed by atoms with van der Waals surface area (Å²) in [5, 5.41) is 0.228. The number of halogens is 1. The van der Waals surface area contributed by atoms with Crippen molar-refractivity contribution in [2.45, 2.75) is 37.0 Å². The van der Waals surface area contributed by atoms with Gasteiger partial charge >= 0.3 is 5.91 Å². The van der Waals surface area contributed by atoms with Crippen molar-refractivity contribution in [1.29, 1.82) is 0 Å². The minimum atomic E-state index is -1.84. The van der Waals surface area contributed by atoms with E-state index < -0.39 is 23.1 Å². The molecule has 1 aliphatic heterocycles. The lowest BCUT2D eigenvalue weighted by atomic mass is 10.1. The smallest absolute Gasteiger partial charge is 0.328 e. The van der Waals surface area contributed by atoms with Crippen LogP contribution >= 0.6 is 0 Å². The first-order valence-electron chi connectivity index (χ1n) is 10.5. The van der Waals surface area contributed by atoms with E-state index >= 15 is 0 Å². The van der Waals surface area contributed by atoms with Crippen molar-refractivity contribution >= 4 is 33.9 Å². The second kappa shape index (κ2) is 8.09. The van der Waals surface area contributed by atoms with Crippen molar-refractivity contribution in [3.05, 3.63) is 53.5 Å². The molecule has 1 amide bonds. The summed E-state index contributed by atoms with van der Waals surface area (Å²) in [5.41, 5.74) is 2.12.